The topological polar surface area (TPSA) is 87.5 Å². The van der Waals surface area contributed by atoms with Crippen LogP contribution in [0.2, 0.25) is 0 Å². The lowest BCUT2D eigenvalue weighted by Gasteiger charge is -2.33. The molecule has 3 aromatic rings. The number of halogens is 3. The fraction of sp³-hybridized carbons (Fsp3) is 0.227. The third-order valence-corrected chi connectivity index (χ3v) is 5.30. The highest BCUT2D eigenvalue weighted by molar-refractivity contribution is 5.92. The number of carbonyl (C=O) groups excluding carboxylic acids is 1. The van der Waals surface area contributed by atoms with Crippen LogP contribution < -0.4 is 5.32 Å². The summed E-state index contributed by atoms with van der Waals surface area (Å²) in [4.78, 5) is 30.1. The molecule has 0 spiro atoms. The molecule has 0 saturated heterocycles. The fourth-order valence-corrected chi connectivity index (χ4v) is 3.70. The second-order valence-corrected chi connectivity index (χ2v) is 7.45. The summed E-state index contributed by atoms with van der Waals surface area (Å²) in [6.07, 6.45) is -2.92. The number of carboxylic acid groups (broad SMARTS) is 1. The summed E-state index contributed by atoms with van der Waals surface area (Å²) >= 11 is 0. The number of urea groups is 1. The lowest BCUT2D eigenvalue weighted by Crippen LogP contribution is -2.50. The predicted molar refractivity (Wildman–Crippen MR) is 109 cm³/mol. The first-order valence-electron chi connectivity index (χ1n) is 9.77. The highest BCUT2D eigenvalue weighted by Crippen LogP contribution is 2.31. The Balaban J connectivity index is 1.55. The molecular weight excluding hydrogens is 425 g/mol. The Bertz CT molecular complexity index is 1140. The number of imidazole rings is 1. The van der Waals surface area contributed by atoms with Gasteiger partial charge in [0.05, 0.1) is 24.1 Å². The highest BCUT2D eigenvalue weighted by atomic mass is 19.4. The zero-order valence-electron chi connectivity index (χ0n) is 16.7. The van der Waals surface area contributed by atoms with E-state index in [4.69, 9.17) is 0 Å². The maximum absolute atomic E-state index is 12.9. The van der Waals surface area contributed by atoms with Crippen LogP contribution in [0.4, 0.5) is 23.7 Å². The molecule has 0 bridgehead atoms. The summed E-state index contributed by atoms with van der Waals surface area (Å²) in [5.41, 5.74) is 1.30. The van der Waals surface area contributed by atoms with E-state index in [1.807, 2.05) is 34.9 Å². The molecule has 0 saturated carbocycles. The van der Waals surface area contributed by atoms with Gasteiger partial charge in [0.25, 0.3) is 0 Å². The van der Waals surface area contributed by atoms with Gasteiger partial charge in [0.15, 0.2) is 0 Å². The summed E-state index contributed by atoms with van der Waals surface area (Å²) in [6.45, 7) is 0.435. The lowest BCUT2D eigenvalue weighted by molar-refractivity contribution is -0.142. The van der Waals surface area contributed by atoms with Crippen molar-refractivity contribution < 1.29 is 27.9 Å². The van der Waals surface area contributed by atoms with Crippen molar-refractivity contribution in [2.24, 2.45) is 0 Å². The molecule has 2 heterocycles. The number of benzene rings is 2. The molecule has 1 aromatic heterocycles. The van der Waals surface area contributed by atoms with E-state index in [0.29, 0.717) is 17.9 Å². The van der Waals surface area contributed by atoms with Gasteiger partial charge in [-0.15, -0.1) is 0 Å². The molecule has 2 N–H and O–H groups in total. The van der Waals surface area contributed by atoms with Crippen LogP contribution in [0.3, 0.4) is 0 Å². The Labute approximate surface area is 181 Å². The summed E-state index contributed by atoms with van der Waals surface area (Å²) in [7, 11) is 0. The average Bonchev–Trinajstić information content (AvgIpc) is 3.15. The summed E-state index contributed by atoms with van der Waals surface area (Å²) < 4.78 is 40.7. The number of hydrogen-bond acceptors (Lipinski definition) is 3. The molecule has 0 aliphatic carbocycles. The van der Waals surface area contributed by atoms with E-state index in [-0.39, 0.29) is 18.7 Å². The monoisotopic (exact) mass is 444 g/mol. The smallest absolute Gasteiger partial charge is 0.416 e. The number of nitrogens with one attached hydrogen (secondary N) is 1. The summed E-state index contributed by atoms with van der Waals surface area (Å²) in [5.74, 6) is -1.21. The van der Waals surface area contributed by atoms with E-state index in [2.05, 4.69) is 10.3 Å². The normalized spacial score (nSPS) is 15.8. The van der Waals surface area contributed by atoms with E-state index < -0.39 is 29.8 Å². The Kier molecular flexibility index (Phi) is 5.60. The molecule has 2 aromatic carbocycles. The third-order valence-electron chi connectivity index (χ3n) is 5.30. The molecule has 7 nitrogen and oxygen atoms in total. The molecular formula is C22H19F3N4O3. The van der Waals surface area contributed by atoms with Crippen molar-refractivity contribution in [1.82, 2.24) is 14.5 Å². The Morgan fingerprint density at radius 2 is 1.88 bits per heavy atom. The maximum atomic E-state index is 12.9. The number of aliphatic carboxylic acids is 1. The molecule has 0 fully saturated rings. The predicted octanol–water partition coefficient (Wildman–Crippen LogP) is 3.99. The quantitative estimate of drug-likeness (QED) is 0.637. The Morgan fingerprint density at radius 3 is 2.56 bits per heavy atom. The van der Waals surface area contributed by atoms with Crippen LogP contribution in [0.25, 0.3) is 0 Å². The highest BCUT2D eigenvalue weighted by Gasteiger charge is 2.37. The maximum Gasteiger partial charge on any atom is 0.416 e. The number of aromatic nitrogens is 2. The summed E-state index contributed by atoms with van der Waals surface area (Å²) in [5, 5.41) is 12.1. The first kappa shape index (κ1) is 21.4. The molecule has 32 heavy (non-hydrogen) atoms. The van der Waals surface area contributed by atoms with Gasteiger partial charge in [0, 0.05) is 24.3 Å². The SMILES string of the molecule is O=C(O)C1Cc2c(ncn2Cc2ccccc2)CN1C(=O)Nc1cccc(C(F)(F)F)c1. The minimum absolute atomic E-state index is 0.0352. The van der Waals surface area contributed by atoms with Gasteiger partial charge in [0.1, 0.15) is 6.04 Å². The van der Waals surface area contributed by atoms with Crippen LogP contribution in [0.5, 0.6) is 0 Å². The van der Waals surface area contributed by atoms with E-state index >= 15 is 0 Å². The number of fused-ring (bicyclic) bond motifs is 1. The van der Waals surface area contributed by atoms with Crippen molar-refractivity contribution in [2.75, 3.05) is 5.32 Å². The van der Waals surface area contributed by atoms with E-state index in [0.717, 1.165) is 22.6 Å². The standard InChI is InChI=1S/C22H19F3N4O3/c23-22(24,25)15-7-4-8-16(9-15)27-21(32)29-12-17-18(10-19(29)20(30)31)28(13-26-17)11-14-5-2-1-3-6-14/h1-9,13,19H,10-12H2,(H,27,32)(H,30,31). The number of hydrogen-bond donors (Lipinski definition) is 2. The molecule has 1 atom stereocenters. The van der Waals surface area contributed by atoms with Crippen LogP contribution in [-0.4, -0.2) is 37.6 Å². The van der Waals surface area contributed by atoms with Crippen molar-refractivity contribution in [3.8, 4) is 0 Å². The van der Waals surface area contributed by atoms with Crippen LogP contribution in [-0.2, 0) is 30.5 Å². The number of carboxylic acids is 1. The van der Waals surface area contributed by atoms with Crippen molar-refractivity contribution in [2.45, 2.75) is 31.7 Å². The largest absolute Gasteiger partial charge is 0.480 e. The van der Waals surface area contributed by atoms with Gasteiger partial charge >= 0.3 is 18.2 Å². The number of rotatable bonds is 4. The van der Waals surface area contributed by atoms with E-state index in [1.54, 1.807) is 6.33 Å². The first-order chi connectivity index (χ1) is 15.2. The van der Waals surface area contributed by atoms with Crippen molar-refractivity contribution in [1.29, 1.82) is 0 Å². The molecule has 166 valence electrons. The average molecular weight is 444 g/mol. The minimum Gasteiger partial charge on any atom is -0.480 e. The zero-order chi connectivity index (χ0) is 22.9. The Hall–Kier alpha value is -3.82. The van der Waals surface area contributed by atoms with E-state index in [1.165, 1.54) is 12.1 Å². The molecule has 4 rings (SSSR count). The molecule has 2 amide bonds. The Morgan fingerprint density at radius 1 is 1.12 bits per heavy atom. The van der Waals surface area contributed by atoms with Crippen molar-refractivity contribution in [3.63, 3.8) is 0 Å². The van der Waals surface area contributed by atoms with Crippen LogP contribution in [0.1, 0.15) is 22.5 Å². The first-order valence-corrected chi connectivity index (χ1v) is 9.77. The minimum atomic E-state index is -4.56. The number of carbonyl (C=O) groups is 2. The second-order valence-electron chi connectivity index (χ2n) is 7.45. The zero-order valence-corrected chi connectivity index (χ0v) is 16.7. The van der Waals surface area contributed by atoms with Gasteiger partial charge in [-0.3, -0.25) is 0 Å². The van der Waals surface area contributed by atoms with Gasteiger partial charge in [-0.05, 0) is 23.8 Å². The number of amides is 2. The van der Waals surface area contributed by atoms with Crippen LogP contribution in [0, 0.1) is 0 Å². The number of nitrogens with zero attached hydrogens (tertiary/aromatic N) is 3. The third kappa shape index (κ3) is 4.43. The van der Waals surface area contributed by atoms with Gasteiger partial charge < -0.3 is 19.9 Å². The molecule has 1 unspecified atom stereocenters. The lowest BCUT2D eigenvalue weighted by atomic mass is 10.0. The van der Waals surface area contributed by atoms with Gasteiger partial charge in [-0.25, -0.2) is 14.6 Å². The van der Waals surface area contributed by atoms with Gasteiger partial charge in [-0.2, -0.15) is 13.2 Å². The second kappa shape index (κ2) is 8.37. The summed E-state index contributed by atoms with van der Waals surface area (Å²) in [6, 6.07) is 11.8. The number of anilines is 1. The molecule has 1 aliphatic rings. The fourth-order valence-electron chi connectivity index (χ4n) is 3.70. The van der Waals surface area contributed by atoms with Gasteiger partial charge in [-0.1, -0.05) is 36.4 Å². The van der Waals surface area contributed by atoms with Crippen LogP contribution >= 0.6 is 0 Å². The molecule has 0 radical (unpaired) electrons. The molecule has 1 aliphatic heterocycles. The van der Waals surface area contributed by atoms with Crippen molar-refractivity contribution >= 4 is 17.7 Å². The van der Waals surface area contributed by atoms with Crippen LogP contribution in [0.15, 0.2) is 60.9 Å². The number of alkyl halides is 3. The van der Waals surface area contributed by atoms with E-state index in [9.17, 15) is 27.9 Å². The molecule has 10 heteroatoms. The van der Waals surface area contributed by atoms with Crippen molar-refractivity contribution in [3.05, 3.63) is 83.4 Å². The van der Waals surface area contributed by atoms with Gasteiger partial charge in [0.2, 0.25) is 0 Å².